The van der Waals surface area contributed by atoms with Crippen LogP contribution in [0.2, 0.25) is 0 Å². The normalized spacial score (nSPS) is 24.4. The highest BCUT2D eigenvalue weighted by molar-refractivity contribution is 6.21. The zero-order valence-electron chi connectivity index (χ0n) is 29.5. The third-order valence-corrected chi connectivity index (χ3v) is 10.6. The van der Waals surface area contributed by atoms with Crippen LogP contribution in [0.5, 0.6) is 0 Å². The van der Waals surface area contributed by atoms with Crippen molar-refractivity contribution in [1.29, 1.82) is 0 Å². The van der Waals surface area contributed by atoms with Crippen molar-refractivity contribution in [2.24, 2.45) is 26.8 Å². The van der Waals surface area contributed by atoms with Crippen LogP contribution in [0.25, 0.3) is 0 Å². The van der Waals surface area contributed by atoms with E-state index in [2.05, 4.69) is 10.6 Å². The Bertz CT molecular complexity index is 1910. The number of esters is 1. The number of carbonyl (C=O) groups excluding carboxylic acids is 1. The van der Waals surface area contributed by atoms with Crippen LogP contribution in [0, 0.1) is 11.8 Å². The number of unbranched alkanes of at least 4 members (excludes halogenated alkanes) is 1. The number of hydrogen-bond acceptors (Lipinski definition) is 9. The largest absolute Gasteiger partial charge is 0.511 e. The SMILES string of the molecule is CCCCNC(O)(C1=C(C)C2=NC1=CC1=NC(=CC3=C(C)C4=C(O)CC(=C5NC(=C2)[C@@H](C)[C@@H]5CCC(=O)OC)C4=N3)C(CC)=C1C)C(F)(F)F. The molecule has 1 saturated heterocycles. The van der Waals surface area contributed by atoms with Gasteiger partial charge in [0, 0.05) is 52.8 Å². The van der Waals surface area contributed by atoms with E-state index < -0.39 is 11.9 Å². The van der Waals surface area contributed by atoms with E-state index >= 15 is 0 Å². The standard InChI is InChI=1S/C38H44F3N5O4/c1-8-10-13-42-37(49,38(39,40)41)34-21(6)28-15-26-19(4)23(11-12-32(48)50-7)35(45-26)24-14-31(47)33-20(5)27(46-36(24)33)16-29-22(9-2)18(3)25(43-29)17-30(34)44-28/h15-17,19,23,42,45,47,49H,8-14H2,1-7H3/t19-,23-,37?/m0/s1. The number of halogens is 3. The lowest BCUT2D eigenvalue weighted by atomic mass is 9.86. The number of aliphatic hydroxyl groups excluding tert-OH is 1. The van der Waals surface area contributed by atoms with E-state index in [0.29, 0.717) is 59.8 Å². The number of nitrogens with zero attached hydrogens (tertiary/aromatic N) is 3. The molecule has 6 aliphatic rings. The predicted molar refractivity (Wildman–Crippen MR) is 187 cm³/mol. The summed E-state index contributed by atoms with van der Waals surface area (Å²) in [7, 11) is 1.34. The molecule has 266 valence electrons. The van der Waals surface area contributed by atoms with Crippen LogP contribution in [0.1, 0.15) is 80.1 Å². The van der Waals surface area contributed by atoms with Crippen molar-refractivity contribution in [3.63, 3.8) is 0 Å². The second kappa shape index (κ2) is 13.1. The van der Waals surface area contributed by atoms with Gasteiger partial charge in [0.05, 0.1) is 41.3 Å². The number of allylic oxidation sites excluding steroid dienone is 11. The Balaban J connectivity index is 1.62. The summed E-state index contributed by atoms with van der Waals surface area (Å²) in [6.07, 6.45) is 2.54. The van der Waals surface area contributed by atoms with Crippen LogP contribution in [0.3, 0.4) is 0 Å². The Morgan fingerprint density at radius 3 is 2.40 bits per heavy atom. The molecule has 9 nitrogen and oxygen atoms in total. The third-order valence-electron chi connectivity index (χ3n) is 10.6. The first-order chi connectivity index (χ1) is 23.6. The van der Waals surface area contributed by atoms with Gasteiger partial charge in [0.1, 0.15) is 5.76 Å². The average Bonchev–Trinajstić information content (AvgIpc) is 3.81. The highest BCUT2D eigenvalue weighted by Crippen LogP contribution is 2.48. The summed E-state index contributed by atoms with van der Waals surface area (Å²) in [5.74, 6) is -0.587. The Morgan fingerprint density at radius 2 is 1.74 bits per heavy atom. The van der Waals surface area contributed by atoms with Crippen molar-refractivity contribution in [2.45, 2.75) is 92.0 Å². The summed E-state index contributed by atoms with van der Waals surface area (Å²) in [5.41, 5.74) is 4.48. The molecule has 8 bridgehead atoms. The Kier molecular flexibility index (Phi) is 9.32. The van der Waals surface area contributed by atoms with Crippen molar-refractivity contribution in [3.8, 4) is 0 Å². The maximum Gasteiger partial charge on any atom is 0.435 e. The molecule has 1 aliphatic carbocycles. The van der Waals surface area contributed by atoms with E-state index in [1.807, 2.05) is 40.7 Å². The molecule has 1 fully saturated rings. The molecule has 3 atom stereocenters. The molecule has 0 aromatic rings. The van der Waals surface area contributed by atoms with E-state index in [9.17, 15) is 28.2 Å². The quantitative estimate of drug-likeness (QED) is 0.115. The van der Waals surface area contributed by atoms with E-state index in [4.69, 9.17) is 19.7 Å². The van der Waals surface area contributed by atoms with Gasteiger partial charge < -0.3 is 20.3 Å². The second-order valence-electron chi connectivity index (χ2n) is 13.6. The Morgan fingerprint density at radius 1 is 1.04 bits per heavy atom. The summed E-state index contributed by atoms with van der Waals surface area (Å²) in [6.45, 7) is 11.1. The van der Waals surface area contributed by atoms with Crippen LogP contribution in [0.4, 0.5) is 13.2 Å². The molecule has 1 unspecified atom stereocenters. The highest BCUT2D eigenvalue weighted by atomic mass is 19.4. The molecule has 0 aromatic carbocycles. The predicted octanol–water partition coefficient (Wildman–Crippen LogP) is 7.25. The number of hydrogen-bond donors (Lipinski definition) is 4. The number of alkyl halides is 3. The maximum absolute atomic E-state index is 15.0. The lowest BCUT2D eigenvalue weighted by molar-refractivity contribution is -0.255. The summed E-state index contributed by atoms with van der Waals surface area (Å²) in [4.78, 5) is 27.0. The zero-order chi connectivity index (χ0) is 36.3. The van der Waals surface area contributed by atoms with Gasteiger partial charge in [0.2, 0.25) is 5.72 Å². The molecule has 4 N–H and O–H groups in total. The molecule has 12 heteroatoms. The summed E-state index contributed by atoms with van der Waals surface area (Å²) < 4.78 is 49.9. The molecule has 0 saturated carbocycles. The molecule has 50 heavy (non-hydrogen) atoms. The van der Waals surface area contributed by atoms with Gasteiger partial charge in [-0.15, -0.1) is 0 Å². The molecule has 0 aromatic heterocycles. The van der Waals surface area contributed by atoms with Gasteiger partial charge in [-0.2, -0.15) is 13.2 Å². The fourth-order valence-electron chi connectivity index (χ4n) is 7.71. The van der Waals surface area contributed by atoms with Gasteiger partial charge in [0.15, 0.2) is 0 Å². The topological polar surface area (TPSA) is 128 Å². The average molecular weight is 692 g/mol. The van der Waals surface area contributed by atoms with Crippen LogP contribution >= 0.6 is 0 Å². The van der Waals surface area contributed by atoms with E-state index in [0.717, 1.165) is 28.0 Å². The van der Waals surface area contributed by atoms with Crippen LogP contribution in [-0.2, 0) is 9.53 Å². The van der Waals surface area contributed by atoms with Crippen LogP contribution < -0.4 is 10.6 Å². The van der Waals surface area contributed by atoms with E-state index in [-0.39, 0.29) is 65.5 Å². The molecule has 0 amide bonds. The van der Waals surface area contributed by atoms with Gasteiger partial charge >= 0.3 is 12.1 Å². The third kappa shape index (κ3) is 5.75. The number of aliphatic hydroxyl groups is 2. The minimum absolute atomic E-state index is 0.0303. The minimum atomic E-state index is -5.07. The van der Waals surface area contributed by atoms with Crippen LogP contribution in [-0.4, -0.2) is 58.9 Å². The second-order valence-corrected chi connectivity index (χ2v) is 13.6. The van der Waals surface area contributed by atoms with E-state index in [1.165, 1.54) is 13.2 Å². The number of carbonyl (C=O) groups is 1. The first-order valence-corrected chi connectivity index (χ1v) is 17.2. The first-order valence-electron chi connectivity index (χ1n) is 17.2. The van der Waals surface area contributed by atoms with Gasteiger partial charge in [0.25, 0.3) is 0 Å². The van der Waals surface area contributed by atoms with Crippen molar-refractivity contribution in [1.82, 2.24) is 10.6 Å². The monoisotopic (exact) mass is 691 g/mol. The number of aliphatic imine (C=N–C) groups is 3. The fourth-order valence-corrected chi connectivity index (χ4v) is 7.71. The lowest BCUT2D eigenvalue weighted by Crippen LogP contribution is -2.59. The summed E-state index contributed by atoms with van der Waals surface area (Å²) in [6, 6.07) is 0. The smallest absolute Gasteiger partial charge is 0.435 e. The summed E-state index contributed by atoms with van der Waals surface area (Å²) >= 11 is 0. The van der Waals surface area contributed by atoms with Gasteiger partial charge in [-0.1, -0.05) is 27.2 Å². The molecule has 5 heterocycles. The van der Waals surface area contributed by atoms with Gasteiger partial charge in [-0.3, -0.25) is 10.1 Å². The molecule has 5 aliphatic heterocycles. The number of rotatable bonds is 9. The van der Waals surface area contributed by atoms with Gasteiger partial charge in [-0.25, -0.2) is 15.0 Å². The Labute approximate surface area is 290 Å². The van der Waals surface area contributed by atoms with E-state index in [1.54, 1.807) is 13.0 Å². The van der Waals surface area contributed by atoms with Crippen molar-refractivity contribution >= 4 is 23.1 Å². The highest BCUT2D eigenvalue weighted by Gasteiger charge is 2.59. The Hall–Kier alpha value is -4.29. The van der Waals surface area contributed by atoms with Crippen molar-refractivity contribution in [2.75, 3.05) is 13.7 Å². The minimum Gasteiger partial charge on any atom is -0.511 e. The maximum atomic E-state index is 15.0. The molecule has 0 radical (unpaired) electrons. The number of ether oxygens (including phenoxy) is 1. The number of fused-ring (bicyclic) bond motifs is 5. The summed E-state index contributed by atoms with van der Waals surface area (Å²) in [5, 5.41) is 28.8. The van der Waals surface area contributed by atoms with Crippen molar-refractivity contribution < 1.29 is 32.9 Å². The fraction of sp³-hybridized carbons (Fsp3) is 0.474. The number of nitrogens with one attached hydrogen (secondary N) is 2. The molecule has 6 rings (SSSR count). The number of methoxy groups -OCH3 is 1. The first kappa shape index (κ1) is 35.5. The zero-order valence-corrected chi connectivity index (χ0v) is 29.5. The van der Waals surface area contributed by atoms with Crippen LogP contribution in [0.15, 0.2) is 106 Å². The van der Waals surface area contributed by atoms with Crippen molar-refractivity contribution in [3.05, 3.63) is 91.5 Å². The van der Waals surface area contributed by atoms with Gasteiger partial charge in [-0.05, 0) is 87.1 Å². The molecular weight excluding hydrogens is 647 g/mol. The molecular formula is C38H44F3N5O4. The lowest BCUT2D eigenvalue weighted by Gasteiger charge is -2.33. The molecule has 0 spiro atoms.